The molecule has 1 aromatic heterocycles. The molecule has 3 aromatic rings. The van der Waals surface area contributed by atoms with Gasteiger partial charge in [-0.2, -0.15) is 13.2 Å². The molecule has 1 saturated carbocycles. The van der Waals surface area contributed by atoms with Crippen molar-refractivity contribution < 1.29 is 27.5 Å². The molecule has 5 rings (SSSR count). The number of primary amides is 1. The molecule has 8 nitrogen and oxygen atoms in total. The number of alkyl halides is 3. The van der Waals surface area contributed by atoms with Crippen LogP contribution in [0.25, 0.3) is 11.4 Å². The average molecular weight is 540 g/mol. The van der Waals surface area contributed by atoms with Crippen LogP contribution in [0.5, 0.6) is 11.5 Å². The van der Waals surface area contributed by atoms with Crippen LogP contribution in [0, 0.1) is 0 Å². The number of hydrogen-bond donors (Lipinski definition) is 2. The van der Waals surface area contributed by atoms with E-state index in [4.69, 9.17) is 10.5 Å². The molecule has 1 saturated heterocycles. The smallest absolute Gasteiger partial charge is 0.416 e. The Morgan fingerprint density at radius 1 is 1.05 bits per heavy atom. The zero-order valence-electron chi connectivity index (χ0n) is 21.1. The summed E-state index contributed by atoms with van der Waals surface area (Å²) in [5.74, 6) is 0.683. The highest BCUT2D eigenvalue weighted by Crippen LogP contribution is 2.35. The molecule has 39 heavy (non-hydrogen) atoms. The van der Waals surface area contributed by atoms with Gasteiger partial charge in [0.25, 0.3) is 5.91 Å². The van der Waals surface area contributed by atoms with Crippen LogP contribution >= 0.6 is 0 Å². The lowest BCUT2D eigenvalue weighted by Gasteiger charge is -2.19. The normalized spacial score (nSPS) is 17.9. The number of amides is 1. The summed E-state index contributed by atoms with van der Waals surface area (Å²) in [4.78, 5) is 34.8. The molecule has 2 aromatic carbocycles. The number of rotatable bonds is 8. The molecule has 0 bridgehead atoms. The Morgan fingerprint density at radius 2 is 1.79 bits per heavy atom. The monoisotopic (exact) mass is 539 g/mol. The second-order valence-corrected chi connectivity index (χ2v) is 9.81. The Balaban J connectivity index is 1.38. The molecule has 1 atom stereocenters. The summed E-state index contributed by atoms with van der Waals surface area (Å²) in [6, 6.07) is 11.2. The van der Waals surface area contributed by atoms with Gasteiger partial charge in [-0.15, -0.1) is 0 Å². The SMILES string of the molecule is NC(=O)c1cc(N[C@H]2CCCC2=O)nc(-c2ccc(Oc3ccc(C(F)(F)F)cc3CN3CCCC3)cc2)n1. The summed E-state index contributed by atoms with van der Waals surface area (Å²) in [7, 11) is 0. The van der Waals surface area contributed by atoms with Crippen molar-refractivity contribution in [1.82, 2.24) is 14.9 Å². The van der Waals surface area contributed by atoms with Crippen molar-refractivity contribution in [2.24, 2.45) is 5.73 Å². The Labute approximate surface area is 223 Å². The number of aromatic nitrogens is 2. The first-order valence-corrected chi connectivity index (χ1v) is 12.8. The Bertz CT molecular complexity index is 1370. The zero-order valence-corrected chi connectivity index (χ0v) is 21.1. The predicted molar refractivity (Wildman–Crippen MR) is 138 cm³/mol. The van der Waals surface area contributed by atoms with Crippen molar-refractivity contribution in [3.05, 3.63) is 65.4 Å². The molecule has 3 N–H and O–H groups in total. The maximum absolute atomic E-state index is 13.4. The summed E-state index contributed by atoms with van der Waals surface area (Å²) < 4.78 is 46.1. The van der Waals surface area contributed by atoms with Crippen molar-refractivity contribution in [3.8, 4) is 22.9 Å². The van der Waals surface area contributed by atoms with Gasteiger partial charge in [0.05, 0.1) is 11.6 Å². The van der Waals surface area contributed by atoms with E-state index in [0.717, 1.165) is 44.5 Å². The number of ketones is 1. The maximum Gasteiger partial charge on any atom is 0.416 e. The van der Waals surface area contributed by atoms with Crippen LogP contribution in [-0.2, 0) is 17.5 Å². The number of nitrogens with one attached hydrogen (secondary N) is 1. The molecular weight excluding hydrogens is 511 g/mol. The highest BCUT2D eigenvalue weighted by atomic mass is 19.4. The lowest BCUT2D eigenvalue weighted by molar-refractivity contribution is -0.137. The van der Waals surface area contributed by atoms with E-state index in [2.05, 4.69) is 20.2 Å². The first-order chi connectivity index (χ1) is 18.7. The number of Topliss-reactive ketones (excluding diaryl/α,β-unsaturated/α-hetero) is 1. The van der Waals surface area contributed by atoms with E-state index < -0.39 is 17.6 Å². The highest BCUT2D eigenvalue weighted by Gasteiger charge is 2.31. The van der Waals surface area contributed by atoms with E-state index in [-0.39, 0.29) is 23.3 Å². The number of halogens is 3. The predicted octanol–water partition coefficient (Wildman–Crippen LogP) is 5.18. The summed E-state index contributed by atoms with van der Waals surface area (Å²) >= 11 is 0. The number of carbonyl (C=O) groups excluding carboxylic acids is 2. The minimum atomic E-state index is -4.45. The number of anilines is 1. The van der Waals surface area contributed by atoms with Crippen molar-refractivity contribution in [3.63, 3.8) is 0 Å². The molecule has 1 aliphatic carbocycles. The summed E-state index contributed by atoms with van der Waals surface area (Å²) in [6.45, 7) is 2.03. The van der Waals surface area contributed by atoms with Crippen LogP contribution in [0.3, 0.4) is 0 Å². The molecule has 204 valence electrons. The minimum Gasteiger partial charge on any atom is -0.457 e. The number of benzene rings is 2. The minimum absolute atomic E-state index is 0.00424. The van der Waals surface area contributed by atoms with Crippen LogP contribution in [-0.4, -0.2) is 45.7 Å². The van der Waals surface area contributed by atoms with Crippen LogP contribution in [0.2, 0.25) is 0 Å². The van der Waals surface area contributed by atoms with Crippen LogP contribution < -0.4 is 15.8 Å². The zero-order chi connectivity index (χ0) is 27.6. The fraction of sp³-hybridized carbons (Fsp3) is 0.357. The number of hydrogen-bond acceptors (Lipinski definition) is 7. The molecule has 0 radical (unpaired) electrons. The molecule has 1 aliphatic heterocycles. The number of nitrogens with two attached hydrogens (primary N) is 1. The summed E-state index contributed by atoms with van der Waals surface area (Å²) in [5, 5.41) is 3.07. The molecule has 1 amide bonds. The lowest BCUT2D eigenvalue weighted by atomic mass is 10.1. The van der Waals surface area contributed by atoms with Gasteiger partial charge in [-0.05, 0) is 81.2 Å². The van der Waals surface area contributed by atoms with Crippen LogP contribution in [0.15, 0.2) is 48.5 Å². The first-order valence-electron chi connectivity index (χ1n) is 12.8. The van der Waals surface area contributed by atoms with Gasteiger partial charge in [0.15, 0.2) is 11.6 Å². The molecule has 0 unspecified atom stereocenters. The van der Waals surface area contributed by atoms with Crippen molar-refractivity contribution in [2.75, 3.05) is 18.4 Å². The molecule has 2 heterocycles. The highest BCUT2D eigenvalue weighted by molar-refractivity contribution is 5.92. The van der Waals surface area contributed by atoms with Crippen molar-refractivity contribution >= 4 is 17.5 Å². The third-order valence-corrected chi connectivity index (χ3v) is 6.93. The Hall–Kier alpha value is -3.99. The third kappa shape index (κ3) is 6.36. The van der Waals surface area contributed by atoms with Gasteiger partial charge in [0.1, 0.15) is 23.0 Å². The number of likely N-dealkylation sites (tertiary alicyclic amines) is 1. The Kier molecular flexibility index (Phi) is 7.51. The van der Waals surface area contributed by atoms with E-state index in [1.165, 1.54) is 12.1 Å². The number of carbonyl (C=O) groups is 2. The van der Waals surface area contributed by atoms with Gasteiger partial charge in [-0.3, -0.25) is 14.5 Å². The Morgan fingerprint density at radius 3 is 2.44 bits per heavy atom. The van der Waals surface area contributed by atoms with E-state index >= 15 is 0 Å². The van der Waals surface area contributed by atoms with Gasteiger partial charge in [0.2, 0.25) is 0 Å². The third-order valence-electron chi connectivity index (χ3n) is 6.93. The van der Waals surface area contributed by atoms with E-state index in [0.29, 0.717) is 47.8 Å². The maximum atomic E-state index is 13.4. The van der Waals surface area contributed by atoms with Gasteiger partial charge in [-0.1, -0.05) is 0 Å². The standard InChI is InChI=1S/C28H28F3N5O3/c29-28(30,31)19-8-11-24(18(14-19)16-36-12-1-2-13-36)39-20-9-6-17(7-10-20)27-34-22(26(32)38)15-25(35-27)33-21-4-3-5-23(21)37/h6-11,14-15,21H,1-5,12-13,16H2,(H2,32,38)(H,33,34,35)/t21-/m0/s1. The lowest BCUT2D eigenvalue weighted by Crippen LogP contribution is -2.25. The summed E-state index contributed by atoms with van der Waals surface area (Å²) in [5.41, 5.74) is 5.79. The molecule has 0 spiro atoms. The summed E-state index contributed by atoms with van der Waals surface area (Å²) in [6.07, 6.45) is -0.443. The number of nitrogens with zero attached hydrogens (tertiary/aromatic N) is 3. The largest absolute Gasteiger partial charge is 0.457 e. The van der Waals surface area contributed by atoms with Crippen molar-refractivity contribution in [1.29, 1.82) is 0 Å². The number of ether oxygens (including phenoxy) is 1. The van der Waals surface area contributed by atoms with E-state index in [9.17, 15) is 22.8 Å². The second kappa shape index (κ2) is 11.0. The van der Waals surface area contributed by atoms with Crippen molar-refractivity contribution in [2.45, 2.75) is 50.9 Å². The van der Waals surface area contributed by atoms with Gasteiger partial charge >= 0.3 is 6.18 Å². The molecular formula is C28H28F3N5O3. The van der Waals surface area contributed by atoms with E-state index in [1.54, 1.807) is 24.3 Å². The quantitative estimate of drug-likeness (QED) is 0.406. The van der Waals surface area contributed by atoms with Crippen LogP contribution in [0.1, 0.15) is 53.7 Å². The second-order valence-electron chi connectivity index (χ2n) is 9.81. The average Bonchev–Trinajstić information content (AvgIpc) is 3.56. The first kappa shape index (κ1) is 26.6. The van der Waals surface area contributed by atoms with Gasteiger partial charge in [0, 0.05) is 30.2 Å². The van der Waals surface area contributed by atoms with Crippen LogP contribution in [0.4, 0.5) is 19.0 Å². The molecule has 2 fully saturated rings. The molecule has 11 heteroatoms. The van der Waals surface area contributed by atoms with E-state index in [1.807, 2.05) is 0 Å². The fourth-order valence-electron chi connectivity index (χ4n) is 4.88. The topological polar surface area (TPSA) is 110 Å². The molecule has 2 aliphatic rings. The van der Waals surface area contributed by atoms with Gasteiger partial charge in [-0.25, -0.2) is 9.97 Å². The van der Waals surface area contributed by atoms with Gasteiger partial charge < -0.3 is 15.8 Å². The fourth-order valence-corrected chi connectivity index (χ4v) is 4.88.